The summed E-state index contributed by atoms with van der Waals surface area (Å²) in [5.41, 5.74) is 5.31. The second-order valence-electron chi connectivity index (χ2n) is 5.96. The van der Waals surface area contributed by atoms with E-state index in [9.17, 15) is 0 Å². The van der Waals surface area contributed by atoms with Crippen LogP contribution in [0, 0.1) is 0 Å². The summed E-state index contributed by atoms with van der Waals surface area (Å²) in [5, 5.41) is 11.4. The van der Waals surface area contributed by atoms with Crippen molar-refractivity contribution in [1.29, 1.82) is 0 Å². The Morgan fingerprint density at radius 1 is 1.26 bits per heavy atom. The normalized spacial score (nSPS) is 14.3. The fourth-order valence-corrected chi connectivity index (χ4v) is 1.93. The van der Waals surface area contributed by atoms with Gasteiger partial charge in [0.15, 0.2) is 8.32 Å². The topological polar surface area (TPSA) is 77.1 Å². The molecule has 0 bridgehead atoms. The lowest BCUT2D eigenvalue weighted by Gasteiger charge is -2.35. The van der Waals surface area contributed by atoms with Crippen molar-refractivity contribution in [2.45, 2.75) is 45.3 Å². The molecule has 0 aliphatic heterocycles. The number of hydrogen-bond acceptors (Lipinski definition) is 4. The molecule has 0 rings (SSSR count). The molecule has 0 aliphatic carbocycles. The standard InChI is InChI=1S/C13H28N2O3Si/c1-13(2,3)19(4,5)18-10-7-6-9-17-11-8-12(14)15-16/h6-7,16H,8-11H2,1-5H3,(H2,14,15)/b7-6-. The molecule has 19 heavy (non-hydrogen) atoms. The van der Waals surface area contributed by atoms with E-state index in [4.69, 9.17) is 20.1 Å². The molecule has 5 nitrogen and oxygen atoms in total. The highest BCUT2D eigenvalue weighted by molar-refractivity contribution is 6.74. The molecule has 0 unspecified atom stereocenters. The van der Waals surface area contributed by atoms with Gasteiger partial charge < -0.3 is 20.1 Å². The molecule has 3 N–H and O–H groups in total. The van der Waals surface area contributed by atoms with Crippen LogP contribution in [0.4, 0.5) is 0 Å². The predicted molar refractivity (Wildman–Crippen MR) is 81.1 cm³/mol. The third-order valence-corrected chi connectivity index (χ3v) is 7.86. The fourth-order valence-electron chi connectivity index (χ4n) is 0.987. The Morgan fingerprint density at radius 2 is 1.84 bits per heavy atom. The van der Waals surface area contributed by atoms with Gasteiger partial charge in [-0.05, 0) is 18.1 Å². The summed E-state index contributed by atoms with van der Waals surface area (Å²) in [6.07, 6.45) is 4.34. The van der Waals surface area contributed by atoms with E-state index in [1.165, 1.54) is 0 Å². The first-order valence-corrected chi connectivity index (χ1v) is 9.44. The van der Waals surface area contributed by atoms with Gasteiger partial charge in [-0.1, -0.05) is 38.1 Å². The summed E-state index contributed by atoms with van der Waals surface area (Å²) in [5.74, 6) is 0.185. The van der Waals surface area contributed by atoms with E-state index in [2.05, 4.69) is 39.0 Å². The minimum atomic E-state index is -1.65. The van der Waals surface area contributed by atoms with Crippen molar-refractivity contribution in [3.8, 4) is 0 Å². The molecule has 0 saturated carbocycles. The van der Waals surface area contributed by atoms with Crippen LogP contribution in [0.2, 0.25) is 18.1 Å². The van der Waals surface area contributed by atoms with Gasteiger partial charge in [0.25, 0.3) is 0 Å². The molecule has 0 aromatic heterocycles. The number of ether oxygens (including phenoxy) is 1. The lowest BCUT2D eigenvalue weighted by Crippen LogP contribution is -2.40. The van der Waals surface area contributed by atoms with E-state index < -0.39 is 8.32 Å². The van der Waals surface area contributed by atoms with Gasteiger partial charge in [-0.25, -0.2) is 0 Å². The van der Waals surface area contributed by atoms with Crippen molar-refractivity contribution in [2.75, 3.05) is 19.8 Å². The molecular formula is C13H28N2O3Si. The van der Waals surface area contributed by atoms with Gasteiger partial charge in [0, 0.05) is 6.42 Å². The van der Waals surface area contributed by atoms with Gasteiger partial charge >= 0.3 is 0 Å². The Morgan fingerprint density at radius 3 is 2.37 bits per heavy atom. The Bertz CT molecular complexity index is 310. The zero-order chi connectivity index (χ0) is 14.9. The van der Waals surface area contributed by atoms with Gasteiger partial charge in [0.05, 0.1) is 19.8 Å². The molecule has 0 amide bonds. The number of oxime groups is 1. The Kier molecular flexibility index (Phi) is 7.97. The Balaban J connectivity index is 3.71. The van der Waals surface area contributed by atoms with Gasteiger partial charge in [-0.3, -0.25) is 0 Å². The van der Waals surface area contributed by atoms with Crippen LogP contribution in [0.15, 0.2) is 17.3 Å². The largest absolute Gasteiger partial charge is 0.413 e. The van der Waals surface area contributed by atoms with Gasteiger partial charge in [0.2, 0.25) is 0 Å². The second kappa shape index (κ2) is 8.34. The van der Waals surface area contributed by atoms with Gasteiger partial charge in [-0.2, -0.15) is 0 Å². The van der Waals surface area contributed by atoms with Crippen molar-refractivity contribution in [1.82, 2.24) is 0 Å². The van der Waals surface area contributed by atoms with Crippen LogP contribution in [0.25, 0.3) is 0 Å². The summed E-state index contributed by atoms with van der Waals surface area (Å²) in [6, 6.07) is 0. The van der Waals surface area contributed by atoms with Crippen LogP contribution in [0.5, 0.6) is 0 Å². The van der Waals surface area contributed by atoms with E-state index >= 15 is 0 Å². The van der Waals surface area contributed by atoms with E-state index in [0.717, 1.165) is 0 Å². The molecule has 112 valence electrons. The molecule has 0 atom stereocenters. The lowest BCUT2D eigenvalue weighted by atomic mass is 10.2. The first-order chi connectivity index (χ1) is 8.70. The molecule has 0 aliphatic rings. The van der Waals surface area contributed by atoms with Crippen molar-refractivity contribution >= 4 is 14.2 Å². The zero-order valence-electron chi connectivity index (χ0n) is 12.8. The van der Waals surface area contributed by atoms with Crippen LogP contribution in [0.1, 0.15) is 27.2 Å². The molecule has 0 aromatic rings. The highest BCUT2D eigenvalue weighted by Crippen LogP contribution is 2.36. The first kappa shape index (κ1) is 18.1. The zero-order valence-corrected chi connectivity index (χ0v) is 13.8. The van der Waals surface area contributed by atoms with Crippen LogP contribution >= 0.6 is 0 Å². The lowest BCUT2D eigenvalue weighted by molar-refractivity contribution is 0.168. The molecule has 0 saturated heterocycles. The van der Waals surface area contributed by atoms with E-state index in [-0.39, 0.29) is 10.9 Å². The number of rotatable bonds is 8. The van der Waals surface area contributed by atoms with Crippen LogP contribution in [-0.4, -0.2) is 39.2 Å². The monoisotopic (exact) mass is 288 g/mol. The minimum absolute atomic E-state index is 0.185. The van der Waals surface area contributed by atoms with Crippen LogP contribution in [0.3, 0.4) is 0 Å². The van der Waals surface area contributed by atoms with E-state index in [0.29, 0.717) is 26.2 Å². The maximum atomic E-state index is 8.33. The summed E-state index contributed by atoms with van der Waals surface area (Å²) in [7, 11) is -1.65. The molecule has 0 heterocycles. The number of nitrogens with two attached hydrogens (primary N) is 1. The SMILES string of the molecule is CC(C)(C)[Si](C)(C)OC/C=C\COCC/C(N)=N\O. The average molecular weight is 288 g/mol. The molecule has 0 spiro atoms. The molecule has 6 heteroatoms. The summed E-state index contributed by atoms with van der Waals surface area (Å²) in [4.78, 5) is 0. The maximum absolute atomic E-state index is 8.33. The predicted octanol–water partition coefficient (Wildman–Crippen LogP) is 2.72. The quantitative estimate of drug-likeness (QED) is 0.137. The summed E-state index contributed by atoms with van der Waals surface area (Å²) < 4.78 is 11.3. The molecule has 0 aromatic carbocycles. The van der Waals surface area contributed by atoms with Crippen LogP contribution < -0.4 is 5.73 Å². The first-order valence-electron chi connectivity index (χ1n) is 6.54. The minimum Gasteiger partial charge on any atom is -0.413 e. The van der Waals surface area contributed by atoms with E-state index in [1.54, 1.807) is 0 Å². The van der Waals surface area contributed by atoms with Crippen molar-refractivity contribution in [2.24, 2.45) is 10.9 Å². The summed E-state index contributed by atoms with van der Waals surface area (Å²) >= 11 is 0. The second-order valence-corrected chi connectivity index (χ2v) is 10.8. The number of amidine groups is 1. The highest BCUT2D eigenvalue weighted by Gasteiger charge is 2.36. The van der Waals surface area contributed by atoms with Gasteiger partial charge in [-0.15, -0.1) is 0 Å². The molecule has 0 radical (unpaired) electrons. The third-order valence-electron chi connectivity index (χ3n) is 3.36. The fraction of sp³-hybridized carbons (Fsp3) is 0.769. The van der Waals surface area contributed by atoms with Gasteiger partial charge in [0.1, 0.15) is 5.84 Å². The molecular weight excluding hydrogens is 260 g/mol. The van der Waals surface area contributed by atoms with Crippen molar-refractivity contribution < 1.29 is 14.4 Å². The van der Waals surface area contributed by atoms with Crippen LogP contribution in [-0.2, 0) is 9.16 Å². The van der Waals surface area contributed by atoms with E-state index in [1.807, 2.05) is 12.2 Å². The Hall–Kier alpha value is -0.853. The van der Waals surface area contributed by atoms with Crippen molar-refractivity contribution in [3.05, 3.63) is 12.2 Å². The average Bonchev–Trinajstić information content (AvgIpc) is 2.30. The molecule has 0 fully saturated rings. The number of hydrogen-bond donors (Lipinski definition) is 2. The Labute approximate surface area is 117 Å². The third kappa shape index (κ3) is 8.02. The smallest absolute Gasteiger partial charge is 0.192 e. The van der Waals surface area contributed by atoms with Crippen molar-refractivity contribution in [3.63, 3.8) is 0 Å². The highest BCUT2D eigenvalue weighted by atomic mass is 28.4. The number of nitrogens with zero attached hydrogens (tertiary/aromatic N) is 1. The maximum Gasteiger partial charge on any atom is 0.192 e. The summed E-state index contributed by atoms with van der Waals surface area (Å²) in [6.45, 7) is 12.7.